The molecule has 0 spiro atoms. The number of hydrogen-bond donors (Lipinski definition) is 1. The third-order valence-corrected chi connectivity index (χ3v) is 4.30. The van der Waals surface area contributed by atoms with Gasteiger partial charge >= 0.3 is 11.9 Å². The Labute approximate surface area is 182 Å². The number of esters is 2. The largest absolute Gasteiger partial charge is 0.462 e. The zero-order valence-corrected chi connectivity index (χ0v) is 17.4. The molecule has 31 heavy (non-hydrogen) atoms. The summed E-state index contributed by atoms with van der Waals surface area (Å²) in [5.41, 5.74) is -1.06. The van der Waals surface area contributed by atoms with E-state index >= 15 is 0 Å². The van der Waals surface area contributed by atoms with E-state index in [9.17, 15) is 34.6 Å². The van der Waals surface area contributed by atoms with Crippen LogP contribution < -0.4 is 5.32 Å². The quantitative estimate of drug-likeness (QED) is 0.328. The van der Waals surface area contributed by atoms with Crippen molar-refractivity contribution in [2.45, 2.75) is 6.92 Å². The molecule has 0 saturated heterocycles. The van der Waals surface area contributed by atoms with E-state index in [-0.39, 0.29) is 33.6 Å². The lowest BCUT2D eigenvalue weighted by atomic mass is 10.1. The molecule has 13 heteroatoms. The van der Waals surface area contributed by atoms with Gasteiger partial charge in [-0.3, -0.25) is 25.0 Å². The Hall–Kier alpha value is -3.87. The molecule has 0 aliphatic rings. The monoisotopic (exact) mass is 495 g/mol. The van der Waals surface area contributed by atoms with Crippen molar-refractivity contribution in [1.29, 1.82) is 0 Å². The molecular weight excluding hydrogens is 482 g/mol. The molecule has 162 valence electrons. The number of hydrogen-bond acceptors (Lipinski definition) is 9. The van der Waals surface area contributed by atoms with E-state index in [4.69, 9.17) is 9.47 Å². The normalized spacial score (nSPS) is 10.1. The maximum Gasteiger partial charge on any atom is 0.338 e. The van der Waals surface area contributed by atoms with Gasteiger partial charge in [-0.25, -0.2) is 9.59 Å². The SMILES string of the molecule is CCOC(=O)c1cc(C(=O)OCC(=O)Nc2ccc([N+](=O)[O-])cc2Br)cc([N+](=O)[O-])c1. The van der Waals surface area contributed by atoms with Gasteiger partial charge in [0.1, 0.15) is 0 Å². The number of non-ortho nitro benzene ring substituents is 2. The third-order valence-electron chi connectivity index (χ3n) is 3.65. The first kappa shape index (κ1) is 23.4. The summed E-state index contributed by atoms with van der Waals surface area (Å²) in [4.78, 5) is 56.5. The number of halogens is 1. The van der Waals surface area contributed by atoms with Crippen LogP contribution in [0.5, 0.6) is 0 Å². The highest BCUT2D eigenvalue weighted by Gasteiger charge is 2.20. The predicted octanol–water partition coefficient (Wildman–Crippen LogP) is 3.24. The molecule has 0 aliphatic carbocycles. The summed E-state index contributed by atoms with van der Waals surface area (Å²) < 4.78 is 9.85. The molecule has 2 aromatic rings. The minimum atomic E-state index is -1.08. The van der Waals surface area contributed by atoms with Crippen LogP contribution in [0.3, 0.4) is 0 Å². The predicted molar refractivity (Wildman–Crippen MR) is 109 cm³/mol. The van der Waals surface area contributed by atoms with Gasteiger partial charge in [-0.2, -0.15) is 0 Å². The first-order chi connectivity index (χ1) is 14.6. The number of ether oxygens (including phenoxy) is 2. The smallest absolute Gasteiger partial charge is 0.338 e. The number of rotatable bonds is 8. The maximum atomic E-state index is 12.2. The van der Waals surface area contributed by atoms with Gasteiger partial charge in [0.05, 0.1) is 33.3 Å². The lowest BCUT2D eigenvalue weighted by Gasteiger charge is -2.09. The Morgan fingerprint density at radius 2 is 1.52 bits per heavy atom. The molecule has 1 N–H and O–H groups in total. The molecule has 12 nitrogen and oxygen atoms in total. The fourth-order valence-corrected chi connectivity index (χ4v) is 2.75. The van der Waals surface area contributed by atoms with E-state index in [1.165, 1.54) is 18.2 Å². The molecule has 0 fully saturated rings. The molecule has 2 rings (SSSR count). The van der Waals surface area contributed by atoms with Crippen molar-refractivity contribution in [2.24, 2.45) is 0 Å². The molecule has 0 saturated carbocycles. The number of nitrogens with one attached hydrogen (secondary N) is 1. The van der Waals surface area contributed by atoms with E-state index in [1.807, 2.05) is 0 Å². The minimum Gasteiger partial charge on any atom is -0.462 e. The summed E-state index contributed by atoms with van der Waals surface area (Å²) in [5.74, 6) is -2.70. The number of benzene rings is 2. The second kappa shape index (κ2) is 10.2. The highest BCUT2D eigenvalue weighted by molar-refractivity contribution is 9.10. The molecule has 0 bridgehead atoms. The van der Waals surface area contributed by atoms with Gasteiger partial charge in [-0.15, -0.1) is 0 Å². The average Bonchev–Trinajstić information content (AvgIpc) is 2.73. The Balaban J connectivity index is 2.09. The fraction of sp³-hybridized carbons (Fsp3) is 0.167. The van der Waals surface area contributed by atoms with Crippen molar-refractivity contribution in [3.8, 4) is 0 Å². The van der Waals surface area contributed by atoms with Crippen molar-refractivity contribution >= 4 is 50.8 Å². The van der Waals surface area contributed by atoms with Crippen LogP contribution in [0, 0.1) is 20.2 Å². The van der Waals surface area contributed by atoms with Crippen molar-refractivity contribution in [2.75, 3.05) is 18.5 Å². The van der Waals surface area contributed by atoms with Crippen LogP contribution in [0.4, 0.5) is 17.1 Å². The molecule has 0 atom stereocenters. The molecular formula is C18H14BrN3O9. The third kappa shape index (κ3) is 6.30. The highest BCUT2D eigenvalue weighted by atomic mass is 79.9. The van der Waals surface area contributed by atoms with Gasteiger partial charge in [-0.1, -0.05) is 0 Å². The minimum absolute atomic E-state index is 0.0275. The van der Waals surface area contributed by atoms with Crippen molar-refractivity contribution in [1.82, 2.24) is 0 Å². The van der Waals surface area contributed by atoms with Crippen LogP contribution in [-0.4, -0.2) is 40.9 Å². The summed E-state index contributed by atoms with van der Waals surface area (Å²) in [6.45, 7) is 0.825. The van der Waals surface area contributed by atoms with Gasteiger partial charge in [0.15, 0.2) is 6.61 Å². The van der Waals surface area contributed by atoms with Crippen LogP contribution in [0.15, 0.2) is 40.9 Å². The van der Waals surface area contributed by atoms with Gasteiger partial charge < -0.3 is 14.8 Å². The number of anilines is 1. The number of amides is 1. The lowest BCUT2D eigenvalue weighted by molar-refractivity contribution is -0.385. The number of nitro groups is 2. The van der Waals surface area contributed by atoms with E-state index < -0.39 is 40.0 Å². The van der Waals surface area contributed by atoms with Gasteiger partial charge in [0, 0.05) is 28.7 Å². The topological polar surface area (TPSA) is 168 Å². The maximum absolute atomic E-state index is 12.2. The fourth-order valence-electron chi connectivity index (χ4n) is 2.29. The summed E-state index contributed by atoms with van der Waals surface area (Å²) in [5, 5.41) is 24.2. The zero-order chi connectivity index (χ0) is 23.1. The van der Waals surface area contributed by atoms with Gasteiger partial charge in [0.2, 0.25) is 0 Å². The number of nitro benzene ring substituents is 2. The molecule has 0 aliphatic heterocycles. The molecule has 0 aromatic heterocycles. The van der Waals surface area contributed by atoms with Crippen LogP contribution in [0.1, 0.15) is 27.6 Å². The van der Waals surface area contributed by atoms with Crippen molar-refractivity contribution < 1.29 is 33.7 Å². The second-order valence-electron chi connectivity index (χ2n) is 5.79. The van der Waals surface area contributed by atoms with Gasteiger partial charge in [0.25, 0.3) is 17.3 Å². The summed E-state index contributed by atoms with van der Waals surface area (Å²) >= 11 is 3.08. The lowest BCUT2D eigenvalue weighted by Crippen LogP contribution is -2.21. The summed E-state index contributed by atoms with van der Waals surface area (Å²) in [7, 11) is 0. The Morgan fingerprint density at radius 3 is 2.03 bits per heavy atom. The van der Waals surface area contributed by atoms with Crippen molar-refractivity contribution in [3.05, 3.63) is 72.2 Å². The van der Waals surface area contributed by atoms with E-state index in [0.717, 1.165) is 18.2 Å². The van der Waals surface area contributed by atoms with E-state index in [2.05, 4.69) is 21.2 Å². The Morgan fingerprint density at radius 1 is 0.935 bits per heavy atom. The second-order valence-corrected chi connectivity index (χ2v) is 6.65. The Bertz CT molecular complexity index is 1070. The summed E-state index contributed by atoms with van der Waals surface area (Å²) in [6.07, 6.45) is 0. The standard InChI is InChI=1S/C18H14BrN3O9/c1-2-30-17(24)10-5-11(7-13(6-10)22(28)29)18(25)31-9-16(23)20-15-4-3-12(21(26)27)8-14(15)19/h3-8H,2,9H2,1H3,(H,20,23). The van der Waals surface area contributed by atoms with Crippen LogP contribution in [0.25, 0.3) is 0 Å². The first-order valence-corrected chi connectivity index (χ1v) is 9.29. The average molecular weight is 496 g/mol. The zero-order valence-electron chi connectivity index (χ0n) is 15.8. The van der Waals surface area contributed by atoms with Crippen molar-refractivity contribution in [3.63, 3.8) is 0 Å². The van der Waals surface area contributed by atoms with Crippen LogP contribution in [-0.2, 0) is 14.3 Å². The van der Waals surface area contributed by atoms with Gasteiger partial charge in [-0.05, 0) is 35.0 Å². The number of carbonyl (C=O) groups is 3. The summed E-state index contributed by atoms with van der Waals surface area (Å²) in [6, 6.07) is 6.55. The molecule has 0 unspecified atom stereocenters. The Kier molecular flexibility index (Phi) is 7.74. The number of carbonyl (C=O) groups excluding carboxylic acids is 3. The molecule has 0 heterocycles. The molecule has 2 aromatic carbocycles. The number of nitrogens with zero attached hydrogens (tertiary/aromatic N) is 2. The highest BCUT2D eigenvalue weighted by Crippen LogP contribution is 2.27. The van der Waals surface area contributed by atoms with E-state index in [0.29, 0.717) is 0 Å². The molecule has 1 amide bonds. The van der Waals surface area contributed by atoms with E-state index in [1.54, 1.807) is 6.92 Å². The first-order valence-electron chi connectivity index (χ1n) is 8.50. The van der Waals surface area contributed by atoms with Crippen LogP contribution in [0.2, 0.25) is 0 Å². The molecule has 0 radical (unpaired) electrons. The van der Waals surface area contributed by atoms with Crippen LogP contribution >= 0.6 is 15.9 Å².